The third kappa shape index (κ3) is 3.81. The summed E-state index contributed by atoms with van der Waals surface area (Å²) in [6.07, 6.45) is 8.77. The summed E-state index contributed by atoms with van der Waals surface area (Å²) in [5, 5.41) is 18.0. The lowest BCUT2D eigenvalue weighted by Crippen LogP contribution is -2.27. The predicted octanol–water partition coefficient (Wildman–Crippen LogP) is 3.19. The van der Waals surface area contributed by atoms with E-state index in [0.717, 1.165) is 18.0 Å². The highest BCUT2D eigenvalue weighted by Gasteiger charge is 2.55. The van der Waals surface area contributed by atoms with Gasteiger partial charge in [-0.2, -0.15) is 0 Å². The molecule has 2 heterocycles. The molecule has 0 aromatic carbocycles. The molecular formula is C22H29N5OS. The molecule has 2 aromatic heterocycles. The van der Waals surface area contributed by atoms with E-state index in [4.69, 9.17) is 16.6 Å². The molecule has 1 unspecified atom stereocenters. The highest BCUT2D eigenvalue weighted by atomic mass is 32.1. The van der Waals surface area contributed by atoms with Crippen molar-refractivity contribution in [2.45, 2.75) is 44.6 Å². The fraction of sp³-hybridized carbons (Fsp3) is 0.500. The zero-order chi connectivity index (χ0) is 20.8. The van der Waals surface area contributed by atoms with E-state index >= 15 is 0 Å². The summed E-state index contributed by atoms with van der Waals surface area (Å²) >= 11 is 1.33. The first kappa shape index (κ1) is 20.0. The molecule has 7 heteroatoms. The molecule has 154 valence electrons. The summed E-state index contributed by atoms with van der Waals surface area (Å²) in [4.78, 5) is 18.3. The average molecular weight is 412 g/mol. The van der Waals surface area contributed by atoms with Crippen LogP contribution in [0, 0.1) is 22.2 Å². The van der Waals surface area contributed by atoms with Gasteiger partial charge in [-0.15, -0.1) is 11.3 Å². The number of hydrogen-bond acceptors (Lipinski definition) is 5. The molecule has 6 nitrogen and oxygen atoms in total. The van der Waals surface area contributed by atoms with Crippen LogP contribution in [0.1, 0.15) is 53.7 Å². The summed E-state index contributed by atoms with van der Waals surface area (Å²) < 4.78 is 0. The number of amidine groups is 1. The van der Waals surface area contributed by atoms with Gasteiger partial charge >= 0.3 is 0 Å². The van der Waals surface area contributed by atoms with E-state index in [1.54, 1.807) is 17.6 Å². The molecule has 2 saturated carbocycles. The molecule has 1 atom stereocenters. The van der Waals surface area contributed by atoms with E-state index in [0.29, 0.717) is 27.3 Å². The van der Waals surface area contributed by atoms with Crippen molar-refractivity contribution in [3.8, 4) is 0 Å². The molecule has 2 aromatic rings. The fourth-order valence-corrected chi connectivity index (χ4v) is 5.84. The summed E-state index contributed by atoms with van der Waals surface area (Å²) in [5.41, 5.74) is 8.14. The Hall–Kier alpha value is -2.25. The first-order valence-electron chi connectivity index (χ1n) is 10.2. The van der Waals surface area contributed by atoms with Crippen LogP contribution in [0.15, 0.2) is 28.5 Å². The number of H-pyrrole nitrogens is 1. The van der Waals surface area contributed by atoms with Crippen molar-refractivity contribution in [2.75, 3.05) is 14.1 Å². The zero-order valence-electron chi connectivity index (χ0n) is 17.0. The SMILES string of the molecule is CN(C)C1CC12CCC(Cc1cc[nH]c(=O)c1C(=N)c1csc(C(=N)N)c1)CC2. The molecule has 29 heavy (non-hydrogen) atoms. The fourth-order valence-electron chi connectivity index (χ4n) is 5.08. The van der Waals surface area contributed by atoms with Crippen molar-refractivity contribution >= 4 is 22.9 Å². The second-order valence-electron chi connectivity index (χ2n) is 8.89. The van der Waals surface area contributed by atoms with Crippen molar-refractivity contribution < 1.29 is 0 Å². The van der Waals surface area contributed by atoms with Crippen LogP contribution in [0.2, 0.25) is 0 Å². The number of nitrogen functional groups attached to an aromatic ring is 1. The predicted molar refractivity (Wildman–Crippen MR) is 119 cm³/mol. The lowest BCUT2D eigenvalue weighted by Gasteiger charge is -2.31. The number of thiophene rings is 1. The third-order valence-corrected chi connectivity index (χ3v) is 7.79. The summed E-state index contributed by atoms with van der Waals surface area (Å²) in [6.45, 7) is 0. The number of pyridine rings is 1. The summed E-state index contributed by atoms with van der Waals surface area (Å²) in [5.74, 6) is 0.552. The van der Waals surface area contributed by atoms with Crippen LogP contribution < -0.4 is 11.3 Å². The van der Waals surface area contributed by atoms with Crippen LogP contribution in [0.25, 0.3) is 0 Å². The van der Waals surface area contributed by atoms with Crippen molar-refractivity contribution in [2.24, 2.45) is 17.1 Å². The maximum atomic E-state index is 12.6. The Morgan fingerprint density at radius 3 is 2.66 bits per heavy atom. The Labute approximate surface area is 175 Å². The van der Waals surface area contributed by atoms with E-state index < -0.39 is 0 Å². The van der Waals surface area contributed by atoms with Crippen molar-refractivity contribution in [3.05, 3.63) is 55.6 Å². The van der Waals surface area contributed by atoms with E-state index in [-0.39, 0.29) is 17.1 Å². The van der Waals surface area contributed by atoms with E-state index in [1.165, 1.54) is 43.4 Å². The molecular weight excluding hydrogens is 382 g/mol. The molecule has 0 aliphatic heterocycles. The summed E-state index contributed by atoms with van der Waals surface area (Å²) in [6, 6.07) is 4.42. The van der Waals surface area contributed by atoms with Gasteiger partial charge in [0.15, 0.2) is 0 Å². The largest absolute Gasteiger partial charge is 0.383 e. The number of hydrogen-bond donors (Lipinski definition) is 4. The molecule has 4 rings (SSSR count). The van der Waals surface area contributed by atoms with Gasteiger partial charge in [0.05, 0.1) is 16.2 Å². The van der Waals surface area contributed by atoms with Crippen LogP contribution in [0.3, 0.4) is 0 Å². The van der Waals surface area contributed by atoms with E-state index in [9.17, 15) is 4.79 Å². The molecule has 2 aliphatic carbocycles. The Kier molecular flexibility index (Phi) is 5.21. The van der Waals surface area contributed by atoms with Crippen LogP contribution in [0.5, 0.6) is 0 Å². The smallest absolute Gasteiger partial charge is 0.257 e. The van der Waals surface area contributed by atoms with Gasteiger partial charge in [0.2, 0.25) is 0 Å². The number of nitrogens with zero attached hydrogens (tertiary/aromatic N) is 1. The van der Waals surface area contributed by atoms with Gasteiger partial charge in [-0.05, 0) is 81.6 Å². The second-order valence-corrected chi connectivity index (χ2v) is 9.80. The molecule has 0 radical (unpaired) electrons. The monoisotopic (exact) mass is 411 g/mol. The molecule has 0 amide bonds. The molecule has 1 spiro atoms. The molecule has 0 bridgehead atoms. The first-order chi connectivity index (χ1) is 13.8. The standard InChI is InChI=1S/C22H29N5OS/c1-27(2)17-11-22(17)6-3-13(4-7-22)9-14-5-8-26-21(28)18(14)19(23)15-10-16(20(24)25)29-12-15/h5,8,10,12-13,17,23H,3-4,6-7,9,11H2,1-2H3,(H3,24,25)(H,26,28). The minimum Gasteiger partial charge on any atom is -0.383 e. The Bertz CT molecular complexity index is 997. The normalized spacial score (nSPS) is 26.0. The second kappa shape index (κ2) is 7.54. The van der Waals surface area contributed by atoms with Gasteiger partial charge < -0.3 is 15.6 Å². The highest BCUT2D eigenvalue weighted by molar-refractivity contribution is 7.12. The topological polar surface area (TPSA) is 110 Å². The van der Waals surface area contributed by atoms with Crippen LogP contribution in [-0.2, 0) is 6.42 Å². The van der Waals surface area contributed by atoms with Crippen molar-refractivity contribution in [3.63, 3.8) is 0 Å². The lowest BCUT2D eigenvalue weighted by atomic mass is 9.76. The lowest BCUT2D eigenvalue weighted by molar-refractivity contribution is 0.212. The average Bonchev–Trinajstić information content (AvgIpc) is 3.15. The number of aromatic amines is 1. The van der Waals surface area contributed by atoms with Crippen molar-refractivity contribution in [1.29, 1.82) is 10.8 Å². The quantitative estimate of drug-likeness (QED) is 0.433. The Balaban J connectivity index is 1.51. The van der Waals surface area contributed by atoms with E-state index in [1.807, 2.05) is 6.07 Å². The minimum absolute atomic E-state index is 0.0107. The van der Waals surface area contributed by atoms with Crippen LogP contribution in [0.4, 0.5) is 0 Å². The molecule has 2 aliphatic rings. The third-order valence-electron chi connectivity index (χ3n) is 6.83. The van der Waals surface area contributed by atoms with Gasteiger partial charge in [-0.3, -0.25) is 15.6 Å². The number of rotatable bonds is 6. The maximum absolute atomic E-state index is 12.6. The molecule has 5 N–H and O–H groups in total. The number of nitrogens with two attached hydrogens (primary N) is 1. The van der Waals surface area contributed by atoms with Crippen LogP contribution in [-0.4, -0.2) is 41.6 Å². The highest BCUT2D eigenvalue weighted by Crippen LogP contribution is 2.59. The first-order valence-corrected chi connectivity index (χ1v) is 11.1. The Morgan fingerprint density at radius 2 is 2.07 bits per heavy atom. The van der Waals surface area contributed by atoms with Gasteiger partial charge in [0.1, 0.15) is 5.84 Å². The van der Waals surface area contributed by atoms with Crippen LogP contribution >= 0.6 is 11.3 Å². The molecule has 2 fully saturated rings. The number of nitrogens with one attached hydrogen (secondary N) is 3. The molecule has 0 saturated heterocycles. The van der Waals surface area contributed by atoms with Gasteiger partial charge in [-0.1, -0.05) is 0 Å². The summed E-state index contributed by atoms with van der Waals surface area (Å²) in [7, 11) is 4.36. The Morgan fingerprint density at radius 1 is 1.34 bits per heavy atom. The van der Waals surface area contributed by atoms with E-state index in [2.05, 4.69) is 24.0 Å². The van der Waals surface area contributed by atoms with Gasteiger partial charge in [0, 0.05) is 23.2 Å². The van der Waals surface area contributed by atoms with Gasteiger partial charge in [0.25, 0.3) is 5.56 Å². The maximum Gasteiger partial charge on any atom is 0.257 e. The number of aromatic nitrogens is 1. The minimum atomic E-state index is -0.217. The zero-order valence-corrected chi connectivity index (χ0v) is 17.9. The van der Waals surface area contributed by atoms with Gasteiger partial charge in [-0.25, -0.2) is 0 Å². The van der Waals surface area contributed by atoms with Crippen molar-refractivity contribution in [1.82, 2.24) is 9.88 Å².